The second kappa shape index (κ2) is 3.13. The molecule has 0 aromatic rings. The molecule has 0 aromatic carbocycles. The maximum Gasteiger partial charge on any atom is 0.402 e. The molecular formula is C6H7F3N2OS. The third-order valence-corrected chi connectivity index (χ3v) is 2.20. The summed E-state index contributed by atoms with van der Waals surface area (Å²) in [5.74, 6) is -2.99. The van der Waals surface area contributed by atoms with E-state index >= 15 is 0 Å². The van der Waals surface area contributed by atoms with Crippen molar-refractivity contribution in [3.63, 3.8) is 0 Å². The van der Waals surface area contributed by atoms with Crippen molar-refractivity contribution in [2.45, 2.75) is 6.18 Å². The molecule has 1 unspecified atom stereocenters. The number of hydrogen-bond donors (Lipinski definition) is 1. The topological polar surface area (TPSA) is 32.3 Å². The van der Waals surface area contributed by atoms with Gasteiger partial charge in [-0.05, 0) is 12.2 Å². The lowest BCUT2D eigenvalue weighted by molar-refractivity contribution is -0.186. The van der Waals surface area contributed by atoms with Crippen LogP contribution in [0.3, 0.4) is 0 Å². The number of nitrogens with one attached hydrogen (secondary N) is 1. The molecule has 1 aliphatic rings. The summed E-state index contributed by atoms with van der Waals surface area (Å²) in [6.07, 6.45) is -4.51. The molecule has 1 N–H and O–H groups in total. The van der Waals surface area contributed by atoms with Crippen LogP contribution in [-0.4, -0.2) is 35.7 Å². The Labute approximate surface area is 77.9 Å². The van der Waals surface area contributed by atoms with Gasteiger partial charge in [-0.15, -0.1) is 0 Å². The molecule has 1 saturated heterocycles. The highest BCUT2D eigenvalue weighted by Crippen LogP contribution is 2.28. The van der Waals surface area contributed by atoms with Crippen LogP contribution >= 0.6 is 12.2 Å². The van der Waals surface area contributed by atoms with Crippen molar-refractivity contribution in [2.75, 3.05) is 13.6 Å². The first-order valence-corrected chi connectivity index (χ1v) is 3.87. The molecule has 0 saturated carbocycles. The predicted octanol–water partition coefficient (Wildman–Crippen LogP) is 0.511. The molecule has 74 valence electrons. The standard InChI is InChI=1S/C6H7F3N2OS/c1-11-4(12)3(6(7,8)9)2-10-5(11)13/h3H,2H2,1H3,(H,10,13). The van der Waals surface area contributed by atoms with Crippen LogP contribution in [0.5, 0.6) is 0 Å². The third-order valence-electron chi connectivity index (χ3n) is 1.79. The Balaban J connectivity index is 2.82. The highest BCUT2D eigenvalue weighted by atomic mass is 32.1. The molecule has 0 radical (unpaired) electrons. The van der Waals surface area contributed by atoms with Crippen LogP contribution in [0.2, 0.25) is 0 Å². The van der Waals surface area contributed by atoms with Crippen LogP contribution < -0.4 is 5.32 Å². The summed E-state index contributed by atoms with van der Waals surface area (Å²) in [6.45, 7) is -0.467. The number of hydrogen-bond acceptors (Lipinski definition) is 2. The molecule has 3 nitrogen and oxygen atoms in total. The number of nitrogens with zero attached hydrogens (tertiary/aromatic N) is 1. The van der Waals surface area contributed by atoms with E-state index in [1.807, 2.05) is 0 Å². The SMILES string of the molecule is CN1C(=O)C(C(F)(F)F)CNC1=S. The van der Waals surface area contributed by atoms with Gasteiger partial charge in [-0.25, -0.2) is 0 Å². The number of amides is 1. The van der Waals surface area contributed by atoms with Crippen molar-refractivity contribution in [3.8, 4) is 0 Å². The van der Waals surface area contributed by atoms with Crippen LogP contribution in [0.4, 0.5) is 13.2 Å². The zero-order valence-corrected chi connectivity index (χ0v) is 7.50. The molecule has 1 atom stereocenters. The molecule has 1 heterocycles. The van der Waals surface area contributed by atoms with Gasteiger partial charge in [0.15, 0.2) is 11.0 Å². The second-order valence-corrected chi connectivity index (χ2v) is 3.06. The van der Waals surface area contributed by atoms with E-state index in [4.69, 9.17) is 0 Å². The van der Waals surface area contributed by atoms with E-state index in [-0.39, 0.29) is 5.11 Å². The monoisotopic (exact) mass is 212 g/mol. The lowest BCUT2D eigenvalue weighted by atomic mass is 10.1. The highest BCUT2D eigenvalue weighted by Gasteiger charge is 2.48. The number of thiocarbonyl (C=S) groups is 1. The minimum absolute atomic E-state index is 0.0329. The average Bonchev–Trinajstić information content (AvgIpc) is 1.98. The Morgan fingerprint density at radius 3 is 2.62 bits per heavy atom. The van der Waals surface area contributed by atoms with Gasteiger partial charge in [0.2, 0.25) is 5.91 Å². The summed E-state index contributed by atoms with van der Waals surface area (Å²) < 4.78 is 36.5. The maximum absolute atomic E-state index is 12.2. The Morgan fingerprint density at radius 1 is 1.62 bits per heavy atom. The summed E-state index contributed by atoms with van der Waals surface area (Å²) >= 11 is 4.61. The Kier molecular flexibility index (Phi) is 2.47. The fourth-order valence-electron chi connectivity index (χ4n) is 0.985. The second-order valence-electron chi connectivity index (χ2n) is 2.68. The number of carbonyl (C=O) groups is 1. The highest BCUT2D eigenvalue weighted by molar-refractivity contribution is 7.80. The van der Waals surface area contributed by atoms with E-state index in [0.29, 0.717) is 0 Å². The first kappa shape index (κ1) is 10.2. The van der Waals surface area contributed by atoms with E-state index in [0.717, 1.165) is 4.90 Å². The van der Waals surface area contributed by atoms with Crippen molar-refractivity contribution < 1.29 is 18.0 Å². The number of halogens is 3. The van der Waals surface area contributed by atoms with Gasteiger partial charge in [0.1, 0.15) is 0 Å². The molecule has 0 aliphatic carbocycles. The summed E-state index contributed by atoms with van der Waals surface area (Å²) in [5, 5.41) is 2.37. The summed E-state index contributed by atoms with van der Waals surface area (Å²) in [4.78, 5) is 11.9. The maximum atomic E-state index is 12.2. The third kappa shape index (κ3) is 1.90. The lowest BCUT2D eigenvalue weighted by Crippen LogP contribution is -2.56. The molecule has 0 bridgehead atoms. The Hall–Kier alpha value is -0.850. The zero-order valence-electron chi connectivity index (χ0n) is 6.68. The number of carbonyl (C=O) groups excluding carboxylic acids is 1. The van der Waals surface area contributed by atoms with Gasteiger partial charge in [-0.1, -0.05) is 0 Å². The number of rotatable bonds is 0. The molecule has 1 amide bonds. The van der Waals surface area contributed by atoms with Crippen LogP contribution in [-0.2, 0) is 4.79 Å². The van der Waals surface area contributed by atoms with Crippen molar-refractivity contribution in [3.05, 3.63) is 0 Å². The molecule has 0 aromatic heterocycles. The summed E-state index contributed by atoms with van der Waals surface area (Å²) in [6, 6.07) is 0. The molecule has 13 heavy (non-hydrogen) atoms. The fourth-order valence-corrected chi connectivity index (χ4v) is 1.16. The van der Waals surface area contributed by atoms with Gasteiger partial charge >= 0.3 is 6.18 Å². The van der Waals surface area contributed by atoms with Crippen LogP contribution in [0, 0.1) is 5.92 Å². The molecule has 7 heteroatoms. The van der Waals surface area contributed by atoms with E-state index < -0.39 is 24.5 Å². The van der Waals surface area contributed by atoms with Crippen LogP contribution in [0.1, 0.15) is 0 Å². The van der Waals surface area contributed by atoms with E-state index in [2.05, 4.69) is 17.5 Å². The quantitative estimate of drug-likeness (QED) is 0.594. The van der Waals surface area contributed by atoms with Gasteiger partial charge in [-0.3, -0.25) is 9.69 Å². The minimum atomic E-state index is -4.51. The van der Waals surface area contributed by atoms with Gasteiger partial charge in [0.25, 0.3) is 0 Å². The molecular weight excluding hydrogens is 205 g/mol. The van der Waals surface area contributed by atoms with Gasteiger partial charge in [0, 0.05) is 13.6 Å². The van der Waals surface area contributed by atoms with Crippen molar-refractivity contribution in [2.24, 2.45) is 5.92 Å². The van der Waals surface area contributed by atoms with Crippen LogP contribution in [0.15, 0.2) is 0 Å². The summed E-state index contributed by atoms with van der Waals surface area (Å²) in [5.41, 5.74) is 0. The Morgan fingerprint density at radius 2 is 2.15 bits per heavy atom. The molecule has 1 rings (SSSR count). The van der Waals surface area contributed by atoms with Crippen LogP contribution in [0.25, 0.3) is 0 Å². The van der Waals surface area contributed by atoms with Crippen molar-refractivity contribution in [1.29, 1.82) is 0 Å². The zero-order chi connectivity index (χ0) is 10.2. The predicted molar refractivity (Wildman–Crippen MR) is 42.9 cm³/mol. The first-order valence-electron chi connectivity index (χ1n) is 3.46. The van der Waals surface area contributed by atoms with Gasteiger partial charge in [-0.2, -0.15) is 13.2 Å². The average molecular weight is 212 g/mol. The van der Waals surface area contributed by atoms with E-state index in [1.165, 1.54) is 7.05 Å². The molecule has 1 fully saturated rings. The number of alkyl halides is 3. The largest absolute Gasteiger partial charge is 0.402 e. The molecule has 0 spiro atoms. The van der Waals surface area contributed by atoms with Gasteiger partial charge in [0.05, 0.1) is 0 Å². The summed E-state index contributed by atoms with van der Waals surface area (Å²) in [7, 11) is 1.22. The first-order chi connectivity index (χ1) is 5.84. The Bertz CT molecular complexity index is 253. The lowest BCUT2D eigenvalue weighted by Gasteiger charge is -2.31. The normalized spacial score (nSPS) is 24.6. The minimum Gasteiger partial charge on any atom is -0.361 e. The van der Waals surface area contributed by atoms with Gasteiger partial charge < -0.3 is 5.32 Å². The van der Waals surface area contributed by atoms with E-state index in [1.54, 1.807) is 0 Å². The fraction of sp³-hybridized carbons (Fsp3) is 0.667. The van der Waals surface area contributed by atoms with E-state index in [9.17, 15) is 18.0 Å². The smallest absolute Gasteiger partial charge is 0.361 e. The molecule has 1 aliphatic heterocycles. The van der Waals surface area contributed by atoms with Crippen molar-refractivity contribution >= 4 is 23.2 Å². The van der Waals surface area contributed by atoms with Crippen molar-refractivity contribution in [1.82, 2.24) is 10.2 Å².